The number of hydrogen-bond acceptors (Lipinski definition) is 5. The van der Waals surface area contributed by atoms with E-state index < -0.39 is 11.0 Å². The van der Waals surface area contributed by atoms with Gasteiger partial charge in [0.15, 0.2) is 5.75 Å². The van der Waals surface area contributed by atoms with Crippen molar-refractivity contribution in [2.75, 3.05) is 6.61 Å². The molecule has 0 bridgehead atoms. The number of ether oxygens (including phenoxy) is 1. The van der Waals surface area contributed by atoms with Crippen molar-refractivity contribution in [1.82, 2.24) is 0 Å². The summed E-state index contributed by atoms with van der Waals surface area (Å²) in [6.07, 6.45) is 0.334. The van der Waals surface area contributed by atoms with Crippen LogP contribution < -0.4 is 10.5 Å². The molecule has 0 fully saturated rings. The van der Waals surface area contributed by atoms with Crippen molar-refractivity contribution >= 4 is 5.69 Å². The number of aryl methyl sites for hydroxylation is 2. The van der Waals surface area contributed by atoms with E-state index in [1.165, 1.54) is 6.07 Å². The van der Waals surface area contributed by atoms with Gasteiger partial charge >= 0.3 is 5.69 Å². The molecule has 1 aromatic rings. The number of nitrogens with two attached hydrogens (primary N) is 1. The van der Waals surface area contributed by atoms with Crippen LogP contribution in [0, 0.1) is 35.3 Å². The van der Waals surface area contributed by atoms with Gasteiger partial charge in [0.25, 0.3) is 0 Å². The average Bonchev–Trinajstić information content (AvgIpc) is 2.30. The summed E-state index contributed by atoms with van der Waals surface area (Å²) in [7, 11) is 0. The van der Waals surface area contributed by atoms with Crippen molar-refractivity contribution < 1.29 is 9.66 Å². The Bertz CT molecular complexity index is 494. The number of hydrogen-bond donors (Lipinski definition) is 1. The third kappa shape index (κ3) is 3.43. The Morgan fingerprint density at radius 3 is 2.78 bits per heavy atom. The average molecular weight is 249 g/mol. The molecule has 0 aliphatic carbocycles. The van der Waals surface area contributed by atoms with Crippen LogP contribution in [0.25, 0.3) is 0 Å². The molecule has 1 atom stereocenters. The zero-order valence-electron chi connectivity index (χ0n) is 10.3. The minimum Gasteiger partial charge on any atom is -0.487 e. The third-order valence-corrected chi connectivity index (χ3v) is 2.44. The first-order chi connectivity index (χ1) is 8.45. The van der Waals surface area contributed by atoms with Crippen LogP contribution in [-0.2, 0) is 0 Å². The summed E-state index contributed by atoms with van der Waals surface area (Å²) in [6.45, 7) is 3.72. The number of nitriles is 1. The lowest BCUT2D eigenvalue weighted by atomic mass is 10.1. The van der Waals surface area contributed by atoms with E-state index in [4.69, 9.17) is 15.7 Å². The minimum absolute atomic E-state index is 0.0574. The molecule has 0 aromatic heterocycles. The number of nitro benzene ring substituents is 1. The van der Waals surface area contributed by atoms with Crippen LogP contribution in [0.4, 0.5) is 5.69 Å². The van der Waals surface area contributed by atoms with Crippen molar-refractivity contribution in [1.29, 1.82) is 5.26 Å². The lowest BCUT2D eigenvalue weighted by Crippen LogP contribution is -2.20. The lowest BCUT2D eigenvalue weighted by molar-refractivity contribution is -0.386. The maximum absolute atomic E-state index is 10.9. The highest BCUT2D eigenvalue weighted by Crippen LogP contribution is 2.32. The molecule has 1 rings (SSSR count). The van der Waals surface area contributed by atoms with Gasteiger partial charge in [0.1, 0.15) is 0 Å². The molecule has 6 nitrogen and oxygen atoms in total. The molecule has 2 N–H and O–H groups in total. The first-order valence-electron chi connectivity index (χ1n) is 5.49. The van der Waals surface area contributed by atoms with Gasteiger partial charge in [-0.1, -0.05) is 6.07 Å². The molecule has 0 amide bonds. The second-order valence-electron chi connectivity index (χ2n) is 4.06. The van der Waals surface area contributed by atoms with Crippen LogP contribution in [0.3, 0.4) is 0 Å². The molecule has 1 unspecified atom stereocenters. The standard InChI is InChI=1S/C12H15N3O3/c1-8-5-9(2)12(11(6-8)15(16)17)18-4-3-10(14)7-13/h5-6,10H,3-4,14H2,1-2H3. The first kappa shape index (κ1) is 13.9. The van der Waals surface area contributed by atoms with Crippen molar-refractivity contribution in [2.45, 2.75) is 26.3 Å². The van der Waals surface area contributed by atoms with E-state index in [9.17, 15) is 10.1 Å². The Kier molecular flexibility index (Phi) is 4.63. The highest BCUT2D eigenvalue weighted by molar-refractivity contribution is 5.53. The zero-order valence-corrected chi connectivity index (χ0v) is 10.3. The van der Waals surface area contributed by atoms with Crippen molar-refractivity contribution in [3.05, 3.63) is 33.4 Å². The highest BCUT2D eigenvalue weighted by Gasteiger charge is 2.18. The van der Waals surface area contributed by atoms with E-state index in [2.05, 4.69) is 0 Å². The van der Waals surface area contributed by atoms with Gasteiger partial charge in [-0.3, -0.25) is 10.1 Å². The quantitative estimate of drug-likeness (QED) is 0.633. The lowest BCUT2D eigenvalue weighted by Gasteiger charge is -2.10. The Labute approximate surface area is 105 Å². The van der Waals surface area contributed by atoms with Crippen LogP contribution in [-0.4, -0.2) is 17.6 Å². The Hall–Kier alpha value is -2.13. The van der Waals surface area contributed by atoms with E-state index in [1.807, 2.05) is 12.1 Å². The Morgan fingerprint density at radius 1 is 1.56 bits per heavy atom. The van der Waals surface area contributed by atoms with Gasteiger partial charge in [-0.05, 0) is 25.0 Å². The largest absolute Gasteiger partial charge is 0.487 e. The molecule has 6 heteroatoms. The van der Waals surface area contributed by atoms with Gasteiger partial charge in [-0.2, -0.15) is 5.26 Å². The van der Waals surface area contributed by atoms with E-state index >= 15 is 0 Å². The molecule has 18 heavy (non-hydrogen) atoms. The highest BCUT2D eigenvalue weighted by atomic mass is 16.6. The number of rotatable bonds is 5. The van der Waals surface area contributed by atoms with Gasteiger partial charge < -0.3 is 10.5 Å². The zero-order chi connectivity index (χ0) is 13.7. The smallest absolute Gasteiger partial charge is 0.311 e. The SMILES string of the molecule is Cc1cc(C)c(OCCC(N)C#N)c([N+](=O)[O-])c1. The molecule has 0 heterocycles. The second kappa shape index (κ2) is 5.98. The molecule has 1 aromatic carbocycles. The van der Waals surface area contributed by atoms with Crippen LogP contribution in [0.5, 0.6) is 5.75 Å². The molecule has 0 saturated carbocycles. The van der Waals surface area contributed by atoms with E-state index in [0.717, 1.165) is 5.56 Å². The van der Waals surface area contributed by atoms with E-state index in [0.29, 0.717) is 12.0 Å². The molecule has 0 spiro atoms. The van der Waals surface area contributed by atoms with Crippen LogP contribution in [0.2, 0.25) is 0 Å². The summed E-state index contributed by atoms with van der Waals surface area (Å²) in [5, 5.41) is 19.5. The maximum atomic E-state index is 10.9. The Morgan fingerprint density at radius 2 is 2.22 bits per heavy atom. The third-order valence-electron chi connectivity index (χ3n) is 2.44. The van der Waals surface area contributed by atoms with Gasteiger partial charge in [-0.25, -0.2) is 0 Å². The summed E-state index contributed by atoms with van der Waals surface area (Å²) in [4.78, 5) is 10.5. The fraction of sp³-hybridized carbons (Fsp3) is 0.417. The predicted molar refractivity (Wildman–Crippen MR) is 66.3 cm³/mol. The molecule has 0 aliphatic rings. The molecular weight excluding hydrogens is 234 g/mol. The van der Waals surface area contributed by atoms with Crippen molar-refractivity contribution in [2.24, 2.45) is 5.73 Å². The predicted octanol–water partition coefficient (Wildman–Crippen LogP) is 1.83. The normalized spacial score (nSPS) is 11.7. The van der Waals surface area contributed by atoms with Gasteiger partial charge in [0.2, 0.25) is 0 Å². The summed E-state index contributed by atoms with van der Waals surface area (Å²) in [5.74, 6) is 0.246. The molecule has 96 valence electrons. The van der Waals surface area contributed by atoms with Gasteiger partial charge in [0, 0.05) is 12.5 Å². The van der Waals surface area contributed by atoms with Crippen LogP contribution in [0.1, 0.15) is 17.5 Å². The van der Waals surface area contributed by atoms with E-state index in [1.54, 1.807) is 13.8 Å². The molecule has 0 saturated heterocycles. The summed E-state index contributed by atoms with van der Waals surface area (Å²) >= 11 is 0. The fourth-order valence-corrected chi connectivity index (χ4v) is 1.61. The number of nitro groups is 1. The molecular formula is C12H15N3O3. The number of benzene rings is 1. The maximum Gasteiger partial charge on any atom is 0.311 e. The Balaban J connectivity index is 2.88. The molecule has 0 aliphatic heterocycles. The first-order valence-corrected chi connectivity index (χ1v) is 5.49. The van der Waals surface area contributed by atoms with Crippen molar-refractivity contribution in [3.8, 4) is 11.8 Å². The topological polar surface area (TPSA) is 102 Å². The summed E-state index contributed by atoms with van der Waals surface area (Å²) < 4.78 is 5.38. The van der Waals surface area contributed by atoms with Gasteiger partial charge in [0.05, 0.1) is 23.6 Å². The second-order valence-corrected chi connectivity index (χ2v) is 4.06. The number of nitrogens with zero attached hydrogens (tertiary/aromatic N) is 2. The summed E-state index contributed by atoms with van der Waals surface area (Å²) in [6, 6.07) is 4.54. The summed E-state index contributed by atoms with van der Waals surface area (Å²) in [5.41, 5.74) is 6.87. The van der Waals surface area contributed by atoms with Crippen LogP contribution in [0.15, 0.2) is 12.1 Å². The van der Waals surface area contributed by atoms with Crippen molar-refractivity contribution in [3.63, 3.8) is 0 Å². The molecule has 0 radical (unpaired) electrons. The van der Waals surface area contributed by atoms with Gasteiger partial charge in [-0.15, -0.1) is 0 Å². The fourth-order valence-electron chi connectivity index (χ4n) is 1.61. The monoisotopic (exact) mass is 249 g/mol. The minimum atomic E-state index is -0.616. The van der Waals surface area contributed by atoms with Crippen LogP contribution >= 0.6 is 0 Å². The van der Waals surface area contributed by atoms with E-state index in [-0.39, 0.29) is 18.0 Å².